The number of aryl methyl sites for hydroxylation is 2. The first kappa shape index (κ1) is 87.4. The molecule has 552 valence electrons. The van der Waals surface area contributed by atoms with Gasteiger partial charge in [0.1, 0.15) is 0 Å². The standard InChI is InChI=1S/2C21H20N.C18H14N.C16H18N.2C11H8N.4Ir/c1-21(2,3)19-12-13-22-20(15-19)18-11-7-10-17(14-18)16-8-5-4-6-9-16;1-16(2)13-17-11-12-22-21(14-17)20-10-6-9-19(15-20)18-7-4-3-5-8-18;1-14-10-11-18(19-13-14)17-9-5-8-16(12-17)15-6-3-2-4-7-15;1-12(2)9-14-7-8-17-16(11-14)15-6-4-5-13(3)10-15;2*1-2-6-10(7-3-1)11-8-4-5-9-12-11;;;;/h4-10,12-15H,1-3H3;3-9,11-12,14-16H,13H2,1-2H3;2-8,10-13H,1H3;4-5,7-8,10-12H,9H2,1-3H3;2*1-6,8-9H;;;;/q6*-1;;;;. The van der Waals surface area contributed by atoms with Gasteiger partial charge < -0.3 is 29.9 Å². The molecule has 6 aromatic heterocycles. The van der Waals surface area contributed by atoms with Gasteiger partial charge >= 0.3 is 0 Å². The van der Waals surface area contributed by atoms with Crippen LogP contribution < -0.4 is 0 Å². The SMILES string of the molecule is CC(C)(C)c1ccnc(-c2[c-]ccc(-c3ccccc3)c2)c1.CC(C)Cc1ccnc(-c2[c-]ccc(-c3ccccc3)c2)c1.Cc1cc[c-]c(-c2cc(CC(C)C)ccn2)c1.Cc1ccc(-c2[c-]ccc(-c3ccccc3)c2)nc1.[Ir].[Ir].[Ir].[Ir].[c-]1ccccc1-c1ccccn1.[c-]1ccccc1-c1ccccn1. The molecule has 0 amide bonds. The number of hydrogen-bond acceptors (Lipinski definition) is 6. The Morgan fingerprint density at radius 1 is 0.269 bits per heavy atom. The molecule has 6 nitrogen and oxygen atoms in total. The van der Waals surface area contributed by atoms with E-state index in [1.165, 1.54) is 61.2 Å². The Hall–Kier alpha value is -9.52. The monoisotopic (exact) mass is 2120 g/mol. The predicted molar refractivity (Wildman–Crippen MR) is 433 cm³/mol. The average Bonchev–Trinajstić information content (AvgIpc) is 0.829. The van der Waals surface area contributed by atoms with Gasteiger partial charge in [0.15, 0.2) is 0 Å². The second-order valence-corrected chi connectivity index (χ2v) is 27.0. The Bertz CT molecular complexity index is 4860. The maximum atomic E-state index is 4.53. The smallest absolute Gasteiger partial charge is 0.0190 e. The summed E-state index contributed by atoms with van der Waals surface area (Å²) in [5.74, 6) is 1.32. The fourth-order valence-corrected chi connectivity index (χ4v) is 11.3. The minimum Gasteiger partial charge on any atom is -0.305 e. The van der Waals surface area contributed by atoms with Crippen molar-refractivity contribution < 1.29 is 80.4 Å². The van der Waals surface area contributed by atoms with Crippen LogP contribution in [0.2, 0.25) is 0 Å². The topological polar surface area (TPSA) is 77.3 Å². The van der Waals surface area contributed by atoms with E-state index in [1.54, 1.807) is 12.4 Å². The number of benzene rings is 9. The summed E-state index contributed by atoms with van der Waals surface area (Å²) in [5.41, 5.74) is 25.9. The maximum Gasteiger partial charge on any atom is 0.0190 e. The molecule has 15 rings (SSSR count). The molecular weight excluding hydrogens is 2030 g/mol. The van der Waals surface area contributed by atoms with E-state index in [4.69, 9.17) is 0 Å². The van der Waals surface area contributed by atoms with E-state index in [0.717, 1.165) is 80.4 Å². The molecule has 9 aromatic carbocycles. The van der Waals surface area contributed by atoms with Crippen LogP contribution in [-0.4, -0.2) is 29.9 Å². The van der Waals surface area contributed by atoms with Crippen molar-refractivity contribution in [2.75, 3.05) is 0 Å². The van der Waals surface area contributed by atoms with E-state index < -0.39 is 0 Å². The van der Waals surface area contributed by atoms with Crippen molar-refractivity contribution >= 4 is 0 Å². The van der Waals surface area contributed by atoms with Crippen LogP contribution in [0.3, 0.4) is 0 Å². The molecular formula is C98H88Ir4N6-6. The van der Waals surface area contributed by atoms with E-state index >= 15 is 0 Å². The molecule has 0 bridgehead atoms. The summed E-state index contributed by atoms with van der Waals surface area (Å²) in [5, 5.41) is 0. The largest absolute Gasteiger partial charge is 0.305 e. The zero-order valence-corrected chi connectivity index (χ0v) is 71.9. The van der Waals surface area contributed by atoms with Gasteiger partial charge in [0.05, 0.1) is 0 Å². The molecule has 0 fully saturated rings. The second kappa shape index (κ2) is 46.0. The van der Waals surface area contributed by atoms with Crippen LogP contribution in [0.4, 0.5) is 0 Å². The third-order valence-corrected chi connectivity index (χ3v) is 16.6. The summed E-state index contributed by atoms with van der Waals surface area (Å²) in [6, 6.07) is 120. The Morgan fingerprint density at radius 2 is 0.620 bits per heavy atom. The summed E-state index contributed by atoms with van der Waals surface area (Å²) < 4.78 is 0. The van der Waals surface area contributed by atoms with E-state index in [0.29, 0.717) is 11.8 Å². The molecule has 0 aliphatic rings. The van der Waals surface area contributed by atoms with Gasteiger partial charge in [0, 0.05) is 118 Å². The van der Waals surface area contributed by atoms with Crippen molar-refractivity contribution in [3.8, 4) is 101 Å². The fraction of sp³-hybridized carbons (Fsp3) is 0.143. The molecule has 0 saturated carbocycles. The minimum absolute atomic E-state index is 0. The Kier molecular flexibility index (Phi) is 37.2. The van der Waals surface area contributed by atoms with E-state index in [9.17, 15) is 0 Å². The molecule has 6 heterocycles. The second-order valence-electron chi connectivity index (χ2n) is 27.0. The molecule has 0 N–H and O–H groups in total. The van der Waals surface area contributed by atoms with Gasteiger partial charge in [0.25, 0.3) is 0 Å². The summed E-state index contributed by atoms with van der Waals surface area (Å²) >= 11 is 0. The van der Waals surface area contributed by atoms with Crippen LogP contribution in [0, 0.1) is 62.1 Å². The first-order valence-electron chi connectivity index (χ1n) is 35.4. The van der Waals surface area contributed by atoms with Crippen molar-refractivity contribution in [2.24, 2.45) is 11.8 Å². The molecule has 0 saturated heterocycles. The normalized spacial score (nSPS) is 10.2. The van der Waals surface area contributed by atoms with Gasteiger partial charge in [-0.25, -0.2) is 0 Å². The first-order valence-corrected chi connectivity index (χ1v) is 35.4. The Labute approximate surface area is 696 Å². The molecule has 108 heavy (non-hydrogen) atoms. The van der Waals surface area contributed by atoms with Gasteiger partial charge in [-0.15, -0.1) is 213 Å². The van der Waals surface area contributed by atoms with Crippen LogP contribution in [-0.2, 0) is 98.7 Å². The Balaban J connectivity index is 0.000000204. The molecule has 0 aliphatic carbocycles. The Morgan fingerprint density at radius 3 is 0.981 bits per heavy atom. The average molecular weight is 2120 g/mol. The quantitative estimate of drug-likeness (QED) is 0.107. The summed E-state index contributed by atoms with van der Waals surface area (Å²) in [4.78, 5) is 26.4. The van der Waals surface area contributed by atoms with Gasteiger partial charge in [-0.1, -0.05) is 212 Å². The van der Waals surface area contributed by atoms with E-state index in [-0.39, 0.29) is 85.8 Å². The van der Waals surface area contributed by atoms with Crippen LogP contribution in [0.1, 0.15) is 76.3 Å². The van der Waals surface area contributed by atoms with Crippen molar-refractivity contribution in [2.45, 2.75) is 80.6 Å². The number of hydrogen-bond donors (Lipinski definition) is 0. The fourth-order valence-electron chi connectivity index (χ4n) is 11.3. The zero-order valence-electron chi connectivity index (χ0n) is 62.3. The molecule has 4 radical (unpaired) electrons. The number of aromatic nitrogens is 6. The number of nitrogens with zero attached hydrogens (tertiary/aromatic N) is 6. The van der Waals surface area contributed by atoms with Crippen molar-refractivity contribution in [3.63, 3.8) is 0 Å². The predicted octanol–water partition coefficient (Wildman–Crippen LogP) is 24.6. The van der Waals surface area contributed by atoms with Crippen LogP contribution >= 0.6 is 0 Å². The van der Waals surface area contributed by atoms with Crippen LogP contribution in [0.5, 0.6) is 0 Å². The molecule has 0 aliphatic heterocycles. The number of rotatable bonds is 13. The summed E-state index contributed by atoms with van der Waals surface area (Å²) in [7, 11) is 0. The molecule has 0 unspecified atom stereocenters. The van der Waals surface area contributed by atoms with E-state index in [1.807, 2.05) is 165 Å². The van der Waals surface area contributed by atoms with Crippen molar-refractivity contribution in [1.82, 2.24) is 29.9 Å². The van der Waals surface area contributed by atoms with Crippen LogP contribution in [0.25, 0.3) is 101 Å². The summed E-state index contributed by atoms with van der Waals surface area (Å²) in [6.07, 6.45) is 13.3. The maximum absolute atomic E-state index is 4.53. The first-order chi connectivity index (χ1) is 50.7. The zero-order chi connectivity index (χ0) is 72.7. The molecule has 0 atom stereocenters. The third-order valence-electron chi connectivity index (χ3n) is 16.6. The molecule has 0 spiro atoms. The number of pyridine rings is 6. The van der Waals surface area contributed by atoms with Gasteiger partial charge in [-0.2, -0.15) is 0 Å². The third kappa shape index (κ3) is 28.2. The van der Waals surface area contributed by atoms with Gasteiger partial charge in [0.2, 0.25) is 0 Å². The van der Waals surface area contributed by atoms with Crippen molar-refractivity contribution in [3.05, 3.63) is 399 Å². The molecule has 10 heteroatoms. The molecule has 15 aromatic rings. The van der Waals surface area contributed by atoms with Crippen molar-refractivity contribution in [1.29, 1.82) is 0 Å². The minimum atomic E-state index is 0. The van der Waals surface area contributed by atoms with E-state index in [2.05, 4.69) is 285 Å². The summed E-state index contributed by atoms with van der Waals surface area (Å²) in [6.45, 7) is 19.7. The van der Waals surface area contributed by atoms with Crippen LogP contribution in [0.15, 0.2) is 334 Å². The van der Waals surface area contributed by atoms with Gasteiger partial charge in [-0.3, -0.25) is 0 Å². The van der Waals surface area contributed by atoms with Gasteiger partial charge in [-0.05, 0) is 129 Å².